The van der Waals surface area contributed by atoms with Crippen molar-refractivity contribution in [1.82, 2.24) is 30.2 Å². The molecule has 0 aliphatic carbocycles. The second kappa shape index (κ2) is 31.8. The fourth-order valence-electron chi connectivity index (χ4n) is 9.53. The van der Waals surface area contributed by atoms with Gasteiger partial charge in [-0.1, -0.05) is 97.4 Å². The van der Waals surface area contributed by atoms with E-state index in [1.54, 1.807) is 26.1 Å². The lowest BCUT2D eigenvalue weighted by molar-refractivity contribution is -0.148. The number of hydrogen-bond acceptors (Lipinski definition) is 14. The monoisotopic (exact) mass is 1040 g/mol. The zero-order valence-corrected chi connectivity index (χ0v) is 46.1. The Labute approximate surface area is 438 Å². The Balaban J connectivity index is 1.61. The summed E-state index contributed by atoms with van der Waals surface area (Å²) in [6.45, 7) is 15.3. The second-order valence-corrected chi connectivity index (χ2v) is 20.0. The van der Waals surface area contributed by atoms with Crippen LogP contribution in [0.3, 0.4) is 0 Å². The van der Waals surface area contributed by atoms with Gasteiger partial charge in [0, 0.05) is 59.4 Å². The lowest BCUT2D eigenvalue weighted by Gasteiger charge is -2.41. The molecule has 0 unspecified atom stereocenters. The Hall–Kier alpha value is -4.86. The number of nitrogens with zero attached hydrogens (tertiary/aromatic N) is 4. The molecule has 6 amide bonds. The summed E-state index contributed by atoms with van der Waals surface area (Å²) in [6.07, 6.45) is 3.72. The van der Waals surface area contributed by atoms with Crippen molar-refractivity contribution in [2.45, 2.75) is 129 Å². The molecule has 9 atom stereocenters. The van der Waals surface area contributed by atoms with Crippen LogP contribution in [0, 0.1) is 23.7 Å². The van der Waals surface area contributed by atoms with Gasteiger partial charge in [0.1, 0.15) is 18.1 Å². The Morgan fingerprint density at radius 2 is 1.40 bits per heavy atom. The van der Waals surface area contributed by atoms with Gasteiger partial charge in [0.25, 0.3) is 11.8 Å². The summed E-state index contributed by atoms with van der Waals surface area (Å²) >= 11 is 5.88. The van der Waals surface area contributed by atoms with E-state index in [9.17, 15) is 33.6 Å². The Morgan fingerprint density at radius 1 is 0.795 bits per heavy atom. The molecule has 0 bridgehead atoms. The molecule has 19 nitrogen and oxygen atoms in total. The molecule has 2 heterocycles. The van der Waals surface area contributed by atoms with Gasteiger partial charge in [-0.05, 0) is 36.2 Å². The normalized spacial score (nSPS) is 18.0. The van der Waals surface area contributed by atoms with Gasteiger partial charge in [0.05, 0.1) is 95.4 Å². The maximum absolute atomic E-state index is 14.6. The average Bonchev–Trinajstić information content (AvgIpc) is 3.98. The van der Waals surface area contributed by atoms with Gasteiger partial charge in [-0.3, -0.25) is 33.7 Å². The van der Waals surface area contributed by atoms with Crippen LogP contribution in [0.15, 0.2) is 42.5 Å². The van der Waals surface area contributed by atoms with Gasteiger partial charge in [0.2, 0.25) is 23.6 Å². The molecular formula is C53H84N6O13S. The minimum atomic E-state index is -0.956. The van der Waals surface area contributed by atoms with Crippen molar-refractivity contribution in [3.05, 3.63) is 48.0 Å². The van der Waals surface area contributed by atoms with Crippen molar-refractivity contribution in [2.75, 3.05) is 88.2 Å². The van der Waals surface area contributed by atoms with E-state index < -0.39 is 48.3 Å². The summed E-state index contributed by atoms with van der Waals surface area (Å²) in [5.74, 6) is -3.55. The van der Waals surface area contributed by atoms with Gasteiger partial charge < -0.3 is 53.8 Å². The minimum absolute atomic E-state index is 0.0164. The third-order valence-electron chi connectivity index (χ3n) is 13.8. The molecule has 20 heteroatoms. The first-order valence-corrected chi connectivity index (χ1v) is 26.0. The van der Waals surface area contributed by atoms with Crippen molar-refractivity contribution in [3.8, 4) is 0 Å². The number of amides is 6. The van der Waals surface area contributed by atoms with Gasteiger partial charge in [-0.15, -0.1) is 0 Å². The molecule has 2 N–H and O–H groups in total. The van der Waals surface area contributed by atoms with Crippen LogP contribution in [0.1, 0.15) is 86.1 Å². The Morgan fingerprint density at radius 3 is 1.95 bits per heavy atom. The zero-order valence-electron chi connectivity index (χ0n) is 45.3. The number of likely N-dealkylation sites (tertiary alicyclic amines) is 1. The number of hydrogen-bond donors (Lipinski definition) is 2. The molecule has 1 fully saturated rings. The summed E-state index contributed by atoms with van der Waals surface area (Å²) in [6, 6.07) is 6.15. The van der Waals surface area contributed by atoms with Gasteiger partial charge in [0.15, 0.2) is 0 Å². The summed E-state index contributed by atoms with van der Waals surface area (Å²) in [7, 11) is 7.73. The highest BCUT2D eigenvalue weighted by Gasteiger charge is 2.43. The molecule has 73 heavy (non-hydrogen) atoms. The SMILES string of the molecule is CC[C@H](C)[C@@H]([C@@H](CC(=O)N1CCC[C@H]1[C@H](OC)[C@@H](C)C(=S)N[C@@H](Cc1ccccc1)C(=O)OC)OC)N(C)C(=O)[C@@H](NC(=O)[C@H](C(C)C)N(C)C(=O)CCOCCOCCOCCN1C(=O)C=CC1=O)C(C)C. The number of likely N-dealkylation sites (N-methyl/N-ethyl adjacent to an activating group) is 2. The number of nitrogens with one attached hydrogen (secondary N) is 2. The van der Waals surface area contributed by atoms with Crippen molar-refractivity contribution < 1.29 is 62.0 Å². The molecule has 2 aliphatic rings. The van der Waals surface area contributed by atoms with E-state index in [1.165, 1.54) is 31.3 Å². The number of methoxy groups -OCH3 is 3. The van der Waals surface area contributed by atoms with Gasteiger partial charge >= 0.3 is 5.97 Å². The van der Waals surface area contributed by atoms with Gasteiger partial charge in [-0.25, -0.2) is 4.79 Å². The first kappa shape index (κ1) is 62.4. The van der Waals surface area contributed by atoms with Crippen LogP contribution in [0.4, 0.5) is 0 Å². The number of ether oxygens (including phenoxy) is 6. The summed E-state index contributed by atoms with van der Waals surface area (Å²) < 4.78 is 33.9. The highest BCUT2D eigenvalue weighted by atomic mass is 32.1. The lowest BCUT2D eigenvalue weighted by Crippen LogP contribution is -2.60. The largest absolute Gasteiger partial charge is 0.467 e. The Kier molecular flexibility index (Phi) is 27.2. The van der Waals surface area contributed by atoms with Gasteiger partial charge in [-0.2, -0.15) is 0 Å². The fraction of sp³-hybridized carbons (Fsp3) is 0.698. The van der Waals surface area contributed by atoms with Crippen molar-refractivity contribution in [1.29, 1.82) is 0 Å². The van der Waals surface area contributed by atoms with Crippen LogP contribution in [-0.4, -0.2) is 197 Å². The Bertz CT molecular complexity index is 1970. The van der Waals surface area contributed by atoms with Crippen molar-refractivity contribution in [3.63, 3.8) is 0 Å². The van der Waals surface area contributed by atoms with Crippen LogP contribution in [0.5, 0.6) is 0 Å². The van der Waals surface area contributed by atoms with Crippen molar-refractivity contribution >= 4 is 58.6 Å². The first-order chi connectivity index (χ1) is 34.7. The van der Waals surface area contributed by atoms with Crippen LogP contribution in [0.2, 0.25) is 0 Å². The molecule has 0 radical (unpaired) electrons. The molecule has 1 saturated heterocycles. The number of rotatable bonds is 33. The van der Waals surface area contributed by atoms with Crippen LogP contribution >= 0.6 is 12.2 Å². The van der Waals surface area contributed by atoms with E-state index >= 15 is 0 Å². The number of benzene rings is 1. The molecule has 3 rings (SSSR count). The van der Waals surface area contributed by atoms with E-state index in [1.807, 2.05) is 83.7 Å². The molecule has 1 aromatic rings. The molecule has 0 aromatic heterocycles. The summed E-state index contributed by atoms with van der Waals surface area (Å²) in [4.78, 5) is 99.1. The summed E-state index contributed by atoms with van der Waals surface area (Å²) in [5.41, 5.74) is 0.943. The quantitative estimate of drug-likeness (QED) is 0.0446. The van der Waals surface area contributed by atoms with Crippen molar-refractivity contribution in [2.24, 2.45) is 23.7 Å². The molecule has 2 aliphatic heterocycles. The maximum atomic E-state index is 14.6. The molecule has 410 valence electrons. The average molecular weight is 1050 g/mol. The van der Waals surface area contributed by atoms with E-state index in [-0.39, 0.29) is 118 Å². The van der Waals surface area contributed by atoms with E-state index in [2.05, 4.69) is 10.6 Å². The number of esters is 1. The molecule has 1 aromatic carbocycles. The van der Waals surface area contributed by atoms with Crippen LogP contribution in [-0.2, 0) is 68.4 Å². The van der Waals surface area contributed by atoms with E-state index in [0.717, 1.165) is 16.9 Å². The first-order valence-electron chi connectivity index (χ1n) is 25.6. The van der Waals surface area contributed by atoms with Crippen LogP contribution < -0.4 is 10.6 Å². The standard InChI is InChI=1S/C53H84N6O13S/c1-13-36(6)48(41(67-10)33-45(63)58-24-17-20-40(58)49(68-11)37(7)51(73)54-39(53(66)69-12)32-38-18-15-14-16-19-38)57(9)52(65)46(34(2)3)55-50(64)47(35(4)5)56(8)42(60)23-26-70-28-30-72-31-29-71-27-25-59-43(61)21-22-44(59)62/h14-16,18-19,21-22,34-37,39-41,46-49H,13,17,20,23-33H2,1-12H3,(H,54,73)(H,55,64)/t36-,37+,39-,40-,41+,46-,47-,48-,49+/m0/s1. The minimum Gasteiger partial charge on any atom is -0.467 e. The number of carbonyl (C=O) groups excluding carboxylic acids is 7. The molecular weight excluding hydrogens is 961 g/mol. The highest BCUT2D eigenvalue weighted by Crippen LogP contribution is 2.30. The maximum Gasteiger partial charge on any atom is 0.328 e. The number of carbonyl (C=O) groups is 7. The topological polar surface area (TPSA) is 212 Å². The highest BCUT2D eigenvalue weighted by molar-refractivity contribution is 7.80. The smallest absolute Gasteiger partial charge is 0.328 e. The predicted molar refractivity (Wildman–Crippen MR) is 279 cm³/mol. The molecule has 0 spiro atoms. The summed E-state index contributed by atoms with van der Waals surface area (Å²) in [5, 5.41) is 6.21. The second-order valence-electron chi connectivity index (χ2n) is 19.5. The van der Waals surface area contributed by atoms with E-state index in [4.69, 9.17) is 40.6 Å². The number of thiocarbonyl (C=S) groups is 1. The fourth-order valence-corrected chi connectivity index (χ4v) is 9.81. The lowest BCUT2D eigenvalue weighted by atomic mass is 9.89. The third kappa shape index (κ3) is 18.5. The van der Waals surface area contributed by atoms with Crippen LogP contribution in [0.25, 0.3) is 0 Å². The molecule has 0 saturated carbocycles. The predicted octanol–water partition coefficient (Wildman–Crippen LogP) is 3.60. The number of imide groups is 1. The third-order valence-corrected chi connectivity index (χ3v) is 14.3. The zero-order chi connectivity index (χ0) is 54.4. The van der Waals surface area contributed by atoms with E-state index in [0.29, 0.717) is 30.8 Å².